The number of hydrogen-bond donors (Lipinski definition) is 3. The highest BCUT2D eigenvalue weighted by Crippen LogP contribution is 2.18. The molecule has 0 bridgehead atoms. The number of carbonyl (C=O) groups is 1. The molecular formula is C11H8N4O3. The maximum Gasteiger partial charge on any atom is 0.323 e. The predicted octanol–water partition coefficient (Wildman–Crippen LogP) is 1.10. The van der Waals surface area contributed by atoms with Gasteiger partial charge in [-0.3, -0.25) is 4.79 Å². The molecular weight excluding hydrogens is 236 g/mol. The molecule has 0 aliphatic heterocycles. The number of para-hydroxylation sites is 1. The zero-order valence-electron chi connectivity index (χ0n) is 9.06. The van der Waals surface area contributed by atoms with Gasteiger partial charge in [0, 0.05) is 0 Å². The lowest BCUT2D eigenvalue weighted by Crippen LogP contribution is -2.12. The first kappa shape index (κ1) is 10.3. The normalized spacial score (nSPS) is 10.7. The molecule has 7 nitrogen and oxygen atoms in total. The number of anilines is 1. The van der Waals surface area contributed by atoms with Gasteiger partial charge >= 0.3 is 11.6 Å². The standard InChI is InChI=1S/C11H8N4O3/c16-9(10-12-4-5-18-10)13-6-2-1-3-7-8(6)15-11(17)14-7/h1-5H,(H,13,16)(H2,14,15,17). The van der Waals surface area contributed by atoms with Crippen molar-refractivity contribution in [1.82, 2.24) is 15.0 Å². The van der Waals surface area contributed by atoms with E-state index in [4.69, 9.17) is 4.42 Å². The number of nitrogens with one attached hydrogen (secondary N) is 3. The predicted molar refractivity (Wildman–Crippen MR) is 63.4 cm³/mol. The summed E-state index contributed by atoms with van der Waals surface area (Å²) in [5, 5.41) is 2.62. The number of imidazole rings is 1. The van der Waals surface area contributed by atoms with Crippen LogP contribution in [0.25, 0.3) is 11.0 Å². The Kier molecular flexibility index (Phi) is 2.23. The summed E-state index contributed by atoms with van der Waals surface area (Å²) in [7, 11) is 0. The topological polar surface area (TPSA) is 104 Å². The van der Waals surface area contributed by atoms with E-state index in [2.05, 4.69) is 20.3 Å². The molecule has 3 aromatic rings. The maximum absolute atomic E-state index is 11.8. The van der Waals surface area contributed by atoms with Crippen molar-refractivity contribution in [3.8, 4) is 0 Å². The van der Waals surface area contributed by atoms with Gasteiger partial charge in [0.25, 0.3) is 5.89 Å². The van der Waals surface area contributed by atoms with Gasteiger partial charge in [0.2, 0.25) is 0 Å². The van der Waals surface area contributed by atoms with Crippen molar-refractivity contribution in [1.29, 1.82) is 0 Å². The van der Waals surface area contributed by atoms with E-state index in [-0.39, 0.29) is 11.6 Å². The molecule has 1 aromatic carbocycles. The summed E-state index contributed by atoms with van der Waals surface area (Å²) in [6.07, 6.45) is 2.70. The molecule has 0 atom stereocenters. The molecule has 0 aliphatic carbocycles. The lowest BCUT2D eigenvalue weighted by Gasteiger charge is -2.03. The van der Waals surface area contributed by atoms with Crippen LogP contribution in [0.4, 0.5) is 5.69 Å². The third-order valence-electron chi connectivity index (χ3n) is 2.43. The van der Waals surface area contributed by atoms with E-state index in [0.29, 0.717) is 16.7 Å². The van der Waals surface area contributed by atoms with Crippen molar-refractivity contribution in [3.63, 3.8) is 0 Å². The molecule has 0 aliphatic rings. The summed E-state index contributed by atoms with van der Waals surface area (Å²) in [5.41, 5.74) is 1.30. The zero-order valence-corrected chi connectivity index (χ0v) is 9.06. The summed E-state index contributed by atoms with van der Waals surface area (Å²) in [4.78, 5) is 31.9. The third kappa shape index (κ3) is 1.67. The number of hydrogen-bond acceptors (Lipinski definition) is 4. The summed E-state index contributed by atoms with van der Waals surface area (Å²) in [6.45, 7) is 0. The van der Waals surface area contributed by atoms with Gasteiger partial charge in [-0.2, -0.15) is 0 Å². The molecule has 3 rings (SSSR count). The van der Waals surface area contributed by atoms with Crippen molar-refractivity contribution < 1.29 is 9.21 Å². The number of aromatic amines is 2. The molecule has 2 heterocycles. The lowest BCUT2D eigenvalue weighted by atomic mass is 10.2. The molecule has 1 amide bonds. The molecule has 0 radical (unpaired) electrons. The molecule has 18 heavy (non-hydrogen) atoms. The molecule has 0 spiro atoms. The quantitative estimate of drug-likeness (QED) is 0.627. The fourth-order valence-electron chi connectivity index (χ4n) is 1.67. The first-order valence-corrected chi connectivity index (χ1v) is 5.16. The third-order valence-corrected chi connectivity index (χ3v) is 2.43. The minimum Gasteiger partial charge on any atom is -0.441 e. The Balaban J connectivity index is 2.00. The Morgan fingerprint density at radius 3 is 3.00 bits per heavy atom. The van der Waals surface area contributed by atoms with E-state index < -0.39 is 5.91 Å². The molecule has 0 fully saturated rings. The van der Waals surface area contributed by atoms with Crippen molar-refractivity contribution in [3.05, 3.63) is 47.0 Å². The molecule has 0 saturated heterocycles. The van der Waals surface area contributed by atoms with Gasteiger partial charge in [0.1, 0.15) is 6.26 Å². The number of fused-ring (bicyclic) bond motifs is 1. The second kappa shape index (κ2) is 3.88. The van der Waals surface area contributed by atoms with Crippen LogP contribution in [0.1, 0.15) is 10.7 Å². The van der Waals surface area contributed by atoms with Gasteiger partial charge in [-0.25, -0.2) is 9.78 Å². The van der Waals surface area contributed by atoms with Crippen molar-refractivity contribution >= 4 is 22.6 Å². The number of aromatic nitrogens is 3. The largest absolute Gasteiger partial charge is 0.441 e. The second-order valence-corrected chi connectivity index (χ2v) is 3.60. The Labute approximate surface area is 99.9 Å². The van der Waals surface area contributed by atoms with Gasteiger partial charge in [-0.15, -0.1) is 0 Å². The number of H-pyrrole nitrogens is 2. The minimum absolute atomic E-state index is 0.0371. The number of rotatable bonds is 2. The summed E-state index contributed by atoms with van der Waals surface area (Å²) < 4.78 is 4.88. The van der Waals surface area contributed by atoms with Gasteiger partial charge in [-0.05, 0) is 12.1 Å². The zero-order chi connectivity index (χ0) is 12.5. The van der Waals surface area contributed by atoms with Gasteiger partial charge in [0.15, 0.2) is 0 Å². The molecule has 3 N–H and O–H groups in total. The Morgan fingerprint density at radius 1 is 1.33 bits per heavy atom. The van der Waals surface area contributed by atoms with Crippen LogP contribution in [0.3, 0.4) is 0 Å². The summed E-state index contributed by atoms with van der Waals surface area (Å²) in [6, 6.07) is 5.12. The fraction of sp³-hybridized carbons (Fsp3) is 0. The average molecular weight is 244 g/mol. The van der Waals surface area contributed by atoms with Gasteiger partial charge < -0.3 is 19.7 Å². The minimum atomic E-state index is -0.477. The summed E-state index contributed by atoms with van der Waals surface area (Å²) in [5.74, 6) is -0.514. The van der Waals surface area contributed by atoms with Crippen LogP contribution in [-0.2, 0) is 0 Å². The van der Waals surface area contributed by atoms with Crippen LogP contribution in [0.5, 0.6) is 0 Å². The van der Waals surface area contributed by atoms with E-state index in [9.17, 15) is 9.59 Å². The number of amides is 1. The first-order chi connectivity index (χ1) is 8.74. The Hall–Kier alpha value is -2.83. The van der Waals surface area contributed by atoms with E-state index >= 15 is 0 Å². The van der Waals surface area contributed by atoms with Crippen LogP contribution >= 0.6 is 0 Å². The molecule has 7 heteroatoms. The SMILES string of the molecule is O=C(Nc1cccc2[nH]c(=O)[nH]c12)c1ncco1. The van der Waals surface area contributed by atoms with E-state index in [1.165, 1.54) is 12.5 Å². The Bertz CT molecular complexity index is 754. The molecule has 90 valence electrons. The van der Waals surface area contributed by atoms with Gasteiger partial charge in [-0.1, -0.05) is 6.07 Å². The monoisotopic (exact) mass is 244 g/mol. The van der Waals surface area contributed by atoms with E-state index in [1.807, 2.05) is 0 Å². The number of carbonyl (C=O) groups excluding carboxylic acids is 1. The van der Waals surface area contributed by atoms with Gasteiger partial charge in [0.05, 0.1) is 22.9 Å². The lowest BCUT2D eigenvalue weighted by molar-refractivity contribution is 0.0990. The van der Waals surface area contributed by atoms with E-state index in [1.54, 1.807) is 18.2 Å². The van der Waals surface area contributed by atoms with Crippen LogP contribution in [0.2, 0.25) is 0 Å². The summed E-state index contributed by atoms with van der Waals surface area (Å²) >= 11 is 0. The molecule has 0 unspecified atom stereocenters. The molecule has 0 saturated carbocycles. The van der Waals surface area contributed by atoms with Crippen LogP contribution < -0.4 is 11.0 Å². The smallest absolute Gasteiger partial charge is 0.323 e. The average Bonchev–Trinajstić information content (AvgIpc) is 2.96. The second-order valence-electron chi connectivity index (χ2n) is 3.60. The highest BCUT2D eigenvalue weighted by atomic mass is 16.3. The van der Waals surface area contributed by atoms with E-state index in [0.717, 1.165) is 0 Å². The number of benzene rings is 1. The molecule has 2 aromatic heterocycles. The fourth-order valence-corrected chi connectivity index (χ4v) is 1.67. The van der Waals surface area contributed by atoms with Crippen LogP contribution in [0.15, 0.2) is 39.9 Å². The van der Waals surface area contributed by atoms with Crippen molar-refractivity contribution in [2.45, 2.75) is 0 Å². The van der Waals surface area contributed by atoms with Crippen LogP contribution in [0, 0.1) is 0 Å². The van der Waals surface area contributed by atoms with Crippen molar-refractivity contribution in [2.24, 2.45) is 0 Å². The number of nitrogens with zero attached hydrogens (tertiary/aromatic N) is 1. The van der Waals surface area contributed by atoms with Crippen LogP contribution in [-0.4, -0.2) is 20.9 Å². The number of oxazole rings is 1. The highest BCUT2D eigenvalue weighted by molar-refractivity contribution is 6.05. The highest BCUT2D eigenvalue weighted by Gasteiger charge is 2.13. The maximum atomic E-state index is 11.8. The Morgan fingerprint density at radius 2 is 2.22 bits per heavy atom. The first-order valence-electron chi connectivity index (χ1n) is 5.16. The van der Waals surface area contributed by atoms with Crippen molar-refractivity contribution in [2.75, 3.05) is 5.32 Å².